The highest BCUT2D eigenvalue weighted by Crippen LogP contribution is 2.28. The van der Waals surface area contributed by atoms with E-state index in [1.54, 1.807) is 42.3 Å². The number of nitrogens with one attached hydrogen (secondary N) is 1. The first-order valence-corrected chi connectivity index (χ1v) is 9.95. The summed E-state index contributed by atoms with van der Waals surface area (Å²) in [6, 6.07) is 14.0. The van der Waals surface area contributed by atoms with Gasteiger partial charge in [0.25, 0.3) is 0 Å². The number of hydrogen-bond acceptors (Lipinski definition) is 4. The molecule has 6 nitrogen and oxygen atoms in total. The Morgan fingerprint density at radius 1 is 1.12 bits per heavy atom. The Hall–Kier alpha value is -2.22. The zero-order valence-corrected chi connectivity index (χ0v) is 15.5. The molecule has 0 unspecified atom stereocenters. The van der Waals surface area contributed by atoms with Crippen LogP contribution in [0.15, 0.2) is 53.4 Å². The summed E-state index contributed by atoms with van der Waals surface area (Å²) in [7, 11) is -1.93. The molecule has 0 fully saturated rings. The van der Waals surface area contributed by atoms with Crippen LogP contribution in [0.25, 0.3) is 0 Å². The molecule has 0 aromatic heterocycles. The maximum Gasteiger partial charge on any atom is 0.240 e. The summed E-state index contributed by atoms with van der Waals surface area (Å²) in [5.41, 5.74) is 2.80. The third kappa shape index (κ3) is 4.12. The summed E-state index contributed by atoms with van der Waals surface area (Å²) in [6.45, 7) is 1.20. The normalized spacial score (nSPS) is 14.3. The molecule has 0 radical (unpaired) electrons. The highest BCUT2D eigenvalue weighted by molar-refractivity contribution is 7.89. The highest BCUT2D eigenvalue weighted by atomic mass is 32.2. The minimum absolute atomic E-state index is 0.0899. The molecular weight excluding hydrogens is 352 g/mol. The largest absolute Gasteiger partial charge is 0.383 e. The van der Waals surface area contributed by atoms with Gasteiger partial charge in [-0.2, -0.15) is 0 Å². The molecule has 2 aromatic carbocycles. The summed E-state index contributed by atoms with van der Waals surface area (Å²) in [5.74, 6) is 0.0899. The lowest BCUT2D eigenvalue weighted by atomic mass is 9.99. The average molecular weight is 374 g/mol. The van der Waals surface area contributed by atoms with E-state index in [0.29, 0.717) is 26.0 Å². The molecule has 1 amide bonds. The summed E-state index contributed by atoms with van der Waals surface area (Å²) in [4.78, 5) is 14.1. The molecule has 0 saturated carbocycles. The van der Waals surface area contributed by atoms with Crippen LogP contribution in [0, 0.1) is 0 Å². The SMILES string of the molecule is COCCN1C(=O)CCc2cc(CNS(=O)(=O)c3ccccc3)ccc21. The molecule has 138 valence electrons. The van der Waals surface area contributed by atoms with Gasteiger partial charge in [0.15, 0.2) is 0 Å². The number of carbonyl (C=O) groups excluding carboxylic acids is 1. The first-order valence-electron chi connectivity index (χ1n) is 8.47. The van der Waals surface area contributed by atoms with Crippen molar-refractivity contribution in [2.24, 2.45) is 0 Å². The number of ether oxygens (including phenoxy) is 1. The summed E-state index contributed by atoms with van der Waals surface area (Å²) >= 11 is 0. The summed E-state index contributed by atoms with van der Waals surface area (Å²) in [6.07, 6.45) is 1.12. The second-order valence-corrected chi connectivity index (χ2v) is 7.91. The lowest BCUT2D eigenvalue weighted by molar-refractivity contribution is -0.119. The van der Waals surface area contributed by atoms with E-state index in [4.69, 9.17) is 4.74 Å². The van der Waals surface area contributed by atoms with Gasteiger partial charge in [0.2, 0.25) is 15.9 Å². The Morgan fingerprint density at radius 2 is 1.88 bits per heavy atom. The van der Waals surface area contributed by atoms with Crippen molar-refractivity contribution in [3.05, 3.63) is 59.7 Å². The lowest BCUT2D eigenvalue weighted by Crippen LogP contribution is -2.37. The minimum Gasteiger partial charge on any atom is -0.383 e. The number of methoxy groups -OCH3 is 1. The zero-order chi connectivity index (χ0) is 18.6. The van der Waals surface area contributed by atoms with E-state index in [9.17, 15) is 13.2 Å². The van der Waals surface area contributed by atoms with E-state index in [0.717, 1.165) is 16.8 Å². The monoisotopic (exact) mass is 374 g/mol. The molecule has 3 rings (SSSR count). The van der Waals surface area contributed by atoms with Crippen LogP contribution in [0.5, 0.6) is 0 Å². The van der Waals surface area contributed by atoms with Crippen LogP contribution < -0.4 is 9.62 Å². The molecule has 0 saturated heterocycles. The summed E-state index contributed by atoms with van der Waals surface area (Å²) in [5, 5.41) is 0. The Morgan fingerprint density at radius 3 is 2.62 bits per heavy atom. The standard InChI is InChI=1S/C19H22N2O4S/c1-25-12-11-21-18-9-7-15(13-16(18)8-10-19(21)22)14-20-26(23,24)17-5-3-2-4-6-17/h2-7,9,13,20H,8,10-12,14H2,1H3. The third-order valence-electron chi connectivity index (χ3n) is 4.38. The molecule has 2 aromatic rings. The molecular formula is C19H22N2O4S. The van der Waals surface area contributed by atoms with Gasteiger partial charge < -0.3 is 9.64 Å². The Balaban J connectivity index is 1.74. The molecule has 7 heteroatoms. The van der Waals surface area contributed by atoms with Crippen LogP contribution in [0.1, 0.15) is 17.5 Å². The molecule has 26 heavy (non-hydrogen) atoms. The van der Waals surface area contributed by atoms with Crippen LogP contribution in [0.2, 0.25) is 0 Å². The van der Waals surface area contributed by atoms with Crippen molar-refractivity contribution in [3.8, 4) is 0 Å². The van der Waals surface area contributed by atoms with Gasteiger partial charge in [-0.1, -0.05) is 30.3 Å². The second kappa shape index (κ2) is 7.99. The number of sulfonamides is 1. The fourth-order valence-corrected chi connectivity index (χ4v) is 4.05. The molecule has 0 spiro atoms. The number of hydrogen-bond donors (Lipinski definition) is 1. The number of nitrogens with zero attached hydrogens (tertiary/aromatic N) is 1. The average Bonchev–Trinajstić information content (AvgIpc) is 2.66. The molecule has 0 aliphatic carbocycles. The van der Waals surface area contributed by atoms with E-state index >= 15 is 0 Å². The zero-order valence-electron chi connectivity index (χ0n) is 14.6. The first-order chi connectivity index (χ1) is 12.5. The highest BCUT2D eigenvalue weighted by Gasteiger charge is 2.24. The van der Waals surface area contributed by atoms with Gasteiger partial charge in [0, 0.05) is 32.3 Å². The second-order valence-electron chi connectivity index (χ2n) is 6.14. The number of benzene rings is 2. The maximum atomic E-state index is 12.3. The van der Waals surface area contributed by atoms with Crippen LogP contribution in [-0.2, 0) is 32.5 Å². The van der Waals surface area contributed by atoms with E-state index < -0.39 is 10.0 Å². The Labute approximate surface area is 153 Å². The van der Waals surface area contributed by atoms with Gasteiger partial charge in [-0.05, 0) is 35.7 Å². The predicted octanol–water partition coefficient (Wildman–Crippen LogP) is 2.09. The Bertz CT molecular complexity index is 882. The number of amides is 1. The van der Waals surface area contributed by atoms with Crippen molar-refractivity contribution in [2.75, 3.05) is 25.2 Å². The minimum atomic E-state index is -3.54. The van der Waals surface area contributed by atoms with Gasteiger partial charge in [-0.3, -0.25) is 4.79 Å². The smallest absolute Gasteiger partial charge is 0.240 e. The van der Waals surface area contributed by atoms with Crippen LogP contribution in [-0.4, -0.2) is 34.6 Å². The number of fused-ring (bicyclic) bond motifs is 1. The molecule has 0 bridgehead atoms. The van der Waals surface area contributed by atoms with E-state index in [2.05, 4.69) is 4.72 Å². The van der Waals surface area contributed by atoms with Gasteiger partial charge in [0.1, 0.15) is 0 Å². The van der Waals surface area contributed by atoms with Crippen LogP contribution >= 0.6 is 0 Å². The van der Waals surface area contributed by atoms with Crippen molar-refractivity contribution in [2.45, 2.75) is 24.3 Å². The third-order valence-corrected chi connectivity index (χ3v) is 5.80. The molecule has 1 N–H and O–H groups in total. The number of anilines is 1. The maximum absolute atomic E-state index is 12.3. The fourth-order valence-electron chi connectivity index (χ4n) is 3.01. The molecule has 0 atom stereocenters. The first kappa shape index (κ1) is 18.6. The van der Waals surface area contributed by atoms with Crippen molar-refractivity contribution in [3.63, 3.8) is 0 Å². The number of rotatable bonds is 7. The van der Waals surface area contributed by atoms with E-state index in [1.165, 1.54) is 0 Å². The van der Waals surface area contributed by atoms with Crippen molar-refractivity contribution < 1.29 is 17.9 Å². The predicted molar refractivity (Wildman–Crippen MR) is 99.5 cm³/mol. The lowest BCUT2D eigenvalue weighted by Gasteiger charge is -2.29. The molecule has 1 heterocycles. The number of carbonyl (C=O) groups is 1. The van der Waals surface area contributed by atoms with E-state index in [-0.39, 0.29) is 17.3 Å². The Kier molecular flexibility index (Phi) is 5.70. The van der Waals surface area contributed by atoms with Crippen molar-refractivity contribution in [1.82, 2.24) is 4.72 Å². The van der Waals surface area contributed by atoms with Gasteiger partial charge in [-0.15, -0.1) is 0 Å². The quantitative estimate of drug-likeness (QED) is 0.805. The van der Waals surface area contributed by atoms with E-state index in [1.807, 2.05) is 18.2 Å². The van der Waals surface area contributed by atoms with Gasteiger partial charge >= 0.3 is 0 Å². The fraction of sp³-hybridized carbons (Fsp3) is 0.316. The van der Waals surface area contributed by atoms with Gasteiger partial charge in [0.05, 0.1) is 11.5 Å². The van der Waals surface area contributed by atoms with Crippen molar-refractivity contribution in [1.29, 1.82) is 0 Å². The summed E-state index contributed by atoms with van der Waals surface area (Å²) < 4.78 is 32.4. The number of aryl methyl sites for hydroxylation is 1. The molecule has 1 aliphatic heterocycles. The van der Waals surface area contributed by atoms with Crippen LogP contribution in [0.3, 0.4) is 0 Å². The topological polar surface area (TPSA) is 75.7 Å². The van der Waals surface area contributed by atoms with Gasteiger partial charge in [-0.25, -0.2) is 13.1 Å². The molecule has 1 aliphatic rings. The van der Waals surface area contributed by atoms with Crippen LogP contribution in [0.4, 0.5) is 5.69 Å². The van der Waals surface area contributed by atoms with Crippen molar-refractivity contribution >= 4 is 21.6 Å².